The fourth-order valence-electron chi connectivity index (χ4n) is 1.15. The maximum atomic E-state index is 11.4. The Hall–Kier alpha value is -1.85. The third kappa shape index (κ3) is 3.38. The van der Waals surface area contributed by atoms with Gasteiger partial charge in [0.15, 0.2) is 0 Å². The molecule has 6 heteroatoms. The minimum absolute atomic E-state index is 0.178. The van der Waals surface area contributed by atoms with Gasteiger partial charge in [-0.25, -0.2) is 9.78 Å². The van der Waals surface area contributed by atoms with Crippen LogP contribution in [0, 0.1) is 5.92 Å². The van der Waals surface area contributed by atoms with Gasteiger partial charge in [-0.3, -0.25) is 4.79 Å². The summed E-state index contributed by atoms with van der Waals surface area (Å²) in [5, 5.41) is 11.4. The van der Waals surface area contributed by atoms with E-state index in [1.807, 2.05) is 0 Å². The van der Waals surface area contributed by atoms with Gasteiger partial charge < -0.3 is 15.4 Å². The Morgan fingerprint density at radius 2 is 2.25 bits per heavy atom. The van der Waals surface area contributed by atoms with Crippen LogP contribution in [0.15, 0.2) is 12.5 Å². The second-order valence-corrected chi connectivity index (χ2v) is 3.82. The number of amides is 1. The maximum Gasteiger partial charge on any atom is 0.326 e. The van der Waals surface area contributed by atoms with Gasteiger partial charge >= 0.3 is 5.97 Å². The number of rotatable bonds is 5. The first-order valence-corrected chi connectivity index (χ1v) is 5.01. The van der Waals surface area contributed by atoms with E-state index in [-0.39, 0.29) is 18.2 Å². The summed E-state index contributed by atoms with van der Waals surface area (Å²) in [6.45, 7) is 3.42. The van der Waals surface area contributed by atoms with Crippen LogP contribution in [0.1, 0.15) is 19.5 Å². The SMILES string of the molecule is CC(C)C(=O)N[C@@H](Cc1c[nH]cn1)C(=O)O. The number of carboxylic acids is 1. The lowest BCUT2D eigenvalue weighted by Gasteiger charge is -2.14. The van der Waals surface area contributed by atoms with E-state index in [4.69, 9.17) is 5.11 Å². The van der Waals surface area contributed by atoms with Gasteiger partial charge in [0, 0.05) is 18.5 Å². The molecule has 0 bridgehead atoms. The highest BCUT2D eigenvalue weighted by atomic mass is 16.4. The lowest BCUT2D eigenvalue weighted by Crippen LogP contribution is -2.44. The van der Waals surface area contributed by atoms with E-state index in [0.717, 1.165) is 0 Å². The molecule has 1 atom stereocenters. The molecular weight excluding hydrogens is 210 g/mol. The van der Waals surface area contributed by atoms with Crippen molar-refractivity contribution < 1.29 is 14.7 Å². The summed E-state index contributed by atoms with van der Waals surface area (Å²) < 4.78 is 0. The molecule has 0 fully saturated rings. The molecule has 6 nitrogen and oxygen atoms in total. The summed E-state index contributed by atoms with van der Waals surface area (Å²) in [6, 6.07) is -0.932. The molecular formula is C10H15N3O3. The lowest BCUT2D eigenvalue weighted by atomic mass is 10.1. The molecule has 0 aliphatic carbocycles. The van der Waals surface area contributed by atoms with Crippen LogP contribution in [0.4, 0.5) is 0 Å². The second-order valence-electron chi connectivity index (χ2n) is 3.82. The molecule has 0 saturated heterocycles. The quantitative estimate of drug-likeness (QED) is 0.666. The third-order valence-corrected chi connectivity index (χ3v) is 2.11. The molecule has 88 valence electrons. The topological polar surface area (TPSA) is 95.1 Å². The van der Waals surface area contributed by atoms with E-state index in [9.17, 15) is 9.59 Å². The highest BCUT2D eigenvalue weighted by molar-refractivity contribution is 5.84. The van der Waals surface area contributed by atoms with Gasteiger partial charge in [-0.05, 0) is 0 Å². The van der Waals surface area contributed by atoms with Gasteiger partial charge in [0.05, 0.1) is 12.0 Å². The first-order valence-electron chi connectivity index (χ1n) is 5.01. The molecule has 1 aromatic heterocycles. The average Bonchev–Trinajstić information content (AvgIpc) is 2.68. The molecule has 1 heterocycles. The normalized spacial score (nSPS) is 12.4. The van der Waals surface area contributed by atoms with E-state index in [1.165, 1.54) is 6.33 Å². The van der Waals surface area contributed by atoms with Crippen molar-refractivity contribution in [2.75, 3.05) is 0 Å². The van der Waals surface area contributed by atoms with E-state index >= 15 is 0 Å². The number of hydrogen-bond donors (Lipinski definition) is 3. The zero-order chi connectivity index (χ0) is 12.1. The van der Waals surface area contributed by atoms with Crippen LogP contribution in [0.25, 0.3) is 0 Å². The Morgan fingerprint density at radius 3 is 2.69 bits per heavy atom. The Labute approximate surface area is 93.1 Å². The van der Waals surface area contributed by atoms with Crippen molar-refractivity contribution in [3.63, 3.8) is 0 Å². The number of hydrogen-bond acceptors (Lipinski definition) is 3. The molecule has 0 radical (unpaired) electrons. The van der Waals surface area contributed by atoms with Crippen molar-refractivity contribution >= 4 is 11.9 Å². The molecule has 3 N–H and O–H groups in total. The fraction of sp³-hybridized carbons (Fsp3) is 0.500. The number of nitrogens with zero attached hydrogens (tertiary/aromatic N) is 1. The number of aromatic amines is 1. The largest absolute Gasteiger partial charge is 0.480 e. The number of aromatic nitrogens is 2. The van der Waals surface area contributed by atoms with Crippen molar-refractivity contribution in [2.24, 2.45) is 5.92 Å². The number of imidazole rings is 1. The van der Waals surface area contributed by atoms with Gasteiger partial charge in [0.2, 0.25) is 5.91 Å². The predicted molar refractivity (Wildman–Crippen MR) is 56.7 cm³/mol. The molecule has 0 spiro atoms. The van der Waals surface area contributed by atoms with Crippen molar-refractivity contribution in [2.45, 2.75) is 26.3 Å². The standard InChI is InChI=1S/C10H15N3O3/c1-6(2)9(14)13-8(10(15)16)3-7-4-11-5-12-7/h4-6,8H,3H2,1-2H3,(H,11,12)(H,13,14)(H,15,16)/t8-/m0/s1. The van der Waals surface area contributed by atoms with Gasteiger partial charge in [0.25, 0.3) is 0 Å². The first kappa shape index (κ1) is 12.2. The molecule has 16 heavy (non-hydrogen) atoms. The first-order chi connectivity index (χ1) is 7.50. The van der Waals surface area contributed by atoms with Crippen LogP contribution >= 0.6 is 0 Å². The molecule has 0 aromatic carbocycles. The molecule has 0 saturated carbocycles. The summed E-state index contributed by atoms with van der Waals surface area (Å²) in [4.78, 5) is 29.0. The van der Waals surface area contributed by atoms with Crippen LogP contribution in [-0.4, -0.2) is 33.0 Å². The van der Waals surface area contributed by atoms with Crippen LogP contribution in [-0.2, 0) is 16.0 Å². The number of carbonyl (C=O) groups excluding carboxylic acids is 1. The summed E-state index contributed by atoms with van der Waals surface area (Å²) in [5.74, 6) is -1.57. The maximum absolute atomic E-state index is 11.4. The second kappa shape index (κ2) is 5.29. The highest BCUT2D eigenvalue weighted by Gasteiger charge is 2.22. The highest BCUT2D eigenvalue weighted by Crippen LogP contribution is 2.01. The summed E-state index contributed by atoms with van der Waals surface area (Å²) in [7, 11) is 0. The van der Waals surface area contributed by atoms with Crippen molar-refractivity contribution in [3.8, 4) is 0 Å². The van der Waals surface area contributed by atoms with E-state index in [2.05, 4.69) is 15.3 Å². The van der Waals surface area contributed by atoms with Crippen molar-refractivity contribution in [3.05, 3.63) is 18.2 Å². The number of aliphatic carboxylic acids is 1. The molecule has 1 rings (SSSR count). The Morgan fingerprint density at radius 1 is 1.56 bits per heavy atom. The zero-order valence-electron chi connectivity index (χ0n) is 9.23. The van der Waals surface area contributed by atoms with E-state index < -0.39 is 12.0 Å². The fourth-order valence-corrected chi connectivity index (χ4v) is 1.15. The molecule has 1 amide bonds. The molecule has 0 aliphatic rings. The van der Waals surface area contributed by atoms with Crippen LogP contribution < -0.4 is 5.32 Å². The summed E-state index contributed by atoms with van der Waals surface area (Å²) in [5.41, 5.74) is 0.608. The van der Waals surface area contributed by atoms with Gasteiger partial charge in [-0.2, -0.15) is 0 Å². The van der Waals surface area contributed by atoms with E-state index in [0.29, 0.717) is 5.69 Å². The van der Waals surface area contributed by atoms with Gasteiger partial charge in [0.1, 0.15) is 6.04 Å². The lowest BCUT2D eigenvalue weighted by molar-refractivity contribution is -0.142. The number of nitrogens with one attached hydrogen (secondary N) is 2. The number of carbonyl (C=O) groups is 2. The number of carboxylic acid groups (broad SMARTS) is 1. The Bertz CT molecular complexity index is 359. The Kier molecular flexibility index (Phi) is 4.04. The third-order valence-electron chi connectivity index (χ3n) is 2.11. The summed E-state index contributed by atoms with van der Waals surface area (Å²) in [6.07, 6.45) is 3.26. The van der Waals surface area contributed by atoms with Crippen LogP contribution in [0.5, 0.6) is 0 Å². The van der Waals surface area contributed by atoms with Crippen molar-refractivity contribution in [1.29, 1.82) is 0 Å². The van der Waals surface area contributed by atoms with Crippen LogP contribution in [0.3, 0.4) is 0 Å². The number of H-pyrrole nitrogens is 1. The van der Waals surface area contributed by atoms with E-state index in [1.54, 1.807) is 20.0 Å². The Balaban J connectivity index is 2.62. The smallest absolute Gasteiger partial charge is 0.326 e. The average molecular weight is 225 g/mol. The van der Waals surface area contributed by atoms with Gasteiger partial charge in [-0.15, -0.1) is 0 Å². The predicted octanol–water partition coefficient (Wildman–Crippen LogP) is 0.178. The molecule has 1 aromatic rings. The summed E-state index contributed by atoms with van der Waals surface area (Å²) >= 11 is 0. The van der Waals surface area contributed by atoms with Crippen LogP contribution in [0.2, 0.25) is 0 Å². The minimum Gasteiger partial charge on any atom is -0.480 e. The zero-order valence-corrected chi connectivity index (χ0v) is 9.23. The van der Waals surface area contributed by atoms with Crippen molar-refractivity contribution in [1.82, 2.24) is 15.3 Å². The molecule has 0 unspecified atom stereocenters. The monoisotopic (exact) mass is 225 g/mol. The van der Waals surface area contributed by atoms with Gasteiger partial charge in [-0.1, -0.05) is 13.8 Å². The molecule has 0 aliphatic heterocycles. The minimum atomic E-state index is -1.06.